The number of anilines is 1. The van der Waals surface area contributed by atoms with Crippen LogP contribution in [0.5, 0.6) is 0 Å². The van der Waals surface area contributed by atoms with Crippen LogP contribution in [0.1, 0.15) is 5.56 Å². The van der Waals surface area contributed by atoms with Gasteiger partial charge in [-0.15, -0.1) is 0 Å². The molecule has 0 aliphatic carbocycles. The van der Waals surface area contributed by atoms with E-state index >= 15 is 0 Å². The van der Waals surface area contributed by atoms with Gasteiger partial charge in [0.05, 0.1) is 10.7 Å². The highest BCUT2D eigenvalue weighted by atomic mass is 35.5. The number of rotatable bonds is 5. The second-order valence-corrected chi connectivity index (χ2v) is 5.66. The smallest absolute Gasteiger partial charge is 0.104 e. The molecule has 0 saturated heterocycles. The Morgan fingerprint density at radius 2 is 2.31 bits per heavy atom. The van der Waals surface area contributed by atoms with Gasteiger partial charge in [-0.05, 0) is 18.2 Å². The highest BCUT2D eigenvalue weighted by Gasteiger charge is 2.03. The molecular formula is C10H13ClN2OS2. The van der Waals surface area contributed by atoms with Crippen LogP contribution in [0.4, 0.5) is 5.69 Å². The second kappa shape index (κ2) is 6.18. The largest absolute Gasteiger partial charge is 0.389 e. The van der Waals surface area contributed by atoms with E-state index in [0.717, 1.165) is 11.3 Å². The van der Waals surface area contributed by atoms with E-state index in [1.165, 1.54) is 0 Å². The lowest BCUT2D eigenvalue weighted by Crippen LogP contribution is -2.12. The van der Waals surface area contributed by atoms with Crippen LogP contribution >= 0.6 is 23.8 Å². The van der Waals surface area contributed by atoms with Gasteiger partial charge in [0.2, 0.25) is 0 Å². The molecule has 0 spiro atoms. The Bertz CT molecular complexity index is 423. The molecule has 0 amide bonds. The molecule has 0 heterocycles. The molecule has 16 heavy (non-hydrogen) atoms. The highest BCUT2D eigenvalue weighted by molar-refractivity contribution is 7.84. The van der Waals surface area contributed by atoms with Gasteiger partial charge in [-0.25, -0.2) is 0 Å². The van der Waals surface area contributed by atoms with Crippen molar-refractivity contribution in [2.75, 3.05) is 23.9 Å². The number of halogens is 1. The molecule has 0 aliphatic heterocycles. The number of nitrogens with one attached hydrogen (secondary N) is 1. The Hall–Kier alpha value is -0.650. The van der Waals surface area contributed by atoms with Gasteiger partial charge < -0.3 is 11.1 Å². The van der Waals surface area contributed by atoms with Crippen molar-refractivity contribution in [1.29, 1.82) is 0 Å². The molecular weight excluding hydrogens is 264 g/mol. The molecule has 1 rings (SSSR count). The number of hydrogen-bond acceptors (Lipinski definition) is 3. The van der Waals surface area contributed by atoms with Gasteiger partial charge in [0.1, 0.15) is 4.99 Å². The molecule has 1 aromatic carbocycles. The Balaban J connectivity index is 2.68. The van der Waals surface area contributed by atoms with E-state index in [2.05, 4.69) is 5.32 Å². The SMILES string of the molecule is CS(=O)CCNc1ccc(C(N)=S)cc1Cl. The molecule has 88 valence electrons. The zero-order chi connectivity index (χ0) is 12.1. The number of benzene rings is 1. The third kappa shape index (κ3) is 4.08. The molecule has 1 atom stereocenters. The lowest BCUT2D eigenvalue weighted by molar-refractivity contribution is 0.687. The monoisotopic (exact) mass is 276 g/mol. The molecule has 0 aliphatic rings. The molecule has 1 aromatic rings. The summed E-state index contributed by atoms with van der Waals surface area (Å²) in [6.45, 7) is 0.620. The summed E-state index contributed by atoms with van der Waals surface area (Å²) in [5.74, 6) is 0.591. The summed E-state index contributed by atoms with van der Waals surface area (Å²) in [6.07, 6.45) is 1.67. The first-order chi connectivity index (χ1) is 7.50. The third-order valence-electron chi connectivity index (χ3n) is 1.96. The Kier molecular flexibility index (Phi) is 5.18. The molecule has 3 N–H and O–H groups in total. The Morgan fingerprint density at radius 3 is 2.81 bits per heavy atom. The molecule has 0 aromatic heterocycles. The van der Waals surface area contributed by atoms with Gasteiger partial charge in [-0.3, -0.25) is 4.21 Å². The van der Waals surface area contributed by atoms with E-state index in [-0.39, 0.29) is 0 Å². The van der Waals surface area contributed by atoms with Gasteiger partial charge in [-0.2, -0.15) is 0 Å². The summed E-state index contributed by atoms with van der Waals surface area (Å²) in [5.41, 5.74) is 7.02. The standard InChI is InChI=1S/C10H13ClN2OS2/c1-16(14)5-4-13-9-3-2-7(10(12)15)6-8(9)11/h2-3,6,13H,4-5H2,1H3,(H2,12,15). The summed E-state index contributed by atoms with van der Waals surface area (Å²) in [5, 5.41) is 3.66. The molecule has 0 bridgehead atoms. The molecule has 0 radical (unpaired) electrons. The third-order valence-corrected chi connectivity index (χ3v) is 3.29. The van der Waals surface area contributed by atoms with Gasteiger partial charge in [-0.1, -0.05) is 23.8 Å². The average Bonchev–Trinajstić information content (AvgIpc) is 2.19. The predicted octanol–water partition coefficient (Wildman–Crippen LogP) is 1.76. The fourth-order valence-electron chi connectivity index (χ4n) is 1.14. The summed E-state index contributed by atoms with van der Waals surface area (Å²) in [4.78, 5) is 0.322. The zero-order valence-corrected chi connectivity index (χ0v) is 11.2. The maximum atomic E-state index is 10.9. The van der Waals surface area contributed by atoms with Crippen molar-refractivity contribution < 1.29 is 4.21 Å². The van der Waals surface area contributed by atoms with E-state index in [9.17, 15) is 4.21 Å². The highest BCUT2D eigenvalue weighted by Crippen LogP contribution is 2.22. The molecule has 3 nitrogen and oxygen atoms in total. The Labute approximate surface area is 108 Å². The van der Waals surface area contributed by atoms with Crippen LogP contribution in [0.15, 0.2) is 18.2 Å². The quantitative estimate of drug-likeness (QED) is 0.805. The van der Waals surface area contributed by atoms with Crippen molar-refractivity contribution in [3.05, 3.63) is 28.8 Å². The van der Waals surface area contributed by atoms with Crippen molar-refractivity contribution in [3.8, 4) is 0 Å². The minimum atomic E-state index is -0.804. The van der Waals surface area contributed by atoms with E-state index in [0.29, 0.717) is 22.3 Å². The van der Waals surface area contributed by atoms with Crippen LogP contribution in [0.25, 0.3) is 0 Å². The summed E-state index contributed by atoms with van der Waals surface area (Å²) < 4.78 is 10.9. The fourth-order valence-corrected chi connectivity index (χ4v) is 1.91. The van der Waals surface area contributed by atoms with Crippen LogP contribution in [-0.2, 0) is 10.8 Å². The maximum Gasteiger partial charge on any atom is 0.104 e. The van der Waals surface area contributed by atoms with Crippen molar-refractivity contribution in [2.24, 2.45) is 5.73 Å². The normalized spacial score (nSPS) is 12.1. The second-order valence-electron chi connectivity index (χ2n) is 3.26. The van der Waals surface area contributed by atoms with E-state index in [1.807, 2.05) is 6.07 Å². The van der Waals surface area contributed by atoms with Crippen LogP contribution in [0, 0.1) is 0 Å². The number of hydrogen-bond donors (Lipinski definition) is 2. The summed E-state index contributed by atoms with van der Waals surface area (Å²) in [7, 11) is -0.804. The lowest BCUT2D eigenvalue weighted by atomic mass is 10.2. The van der Waals surface area contributed by atoms with Crippen molar-refractivity contribution in [1.82, 2.24) is 0 Å². The topological polar surface area (TPSA) is 55.1 Å². The number of nitrogens with two attached hydrogens (primary N) is 1. The van der Waals surface area contributed by atoms with Crippen LogP contribution in [0.3, 0.4) is 0 Å². The molecule has 0 saturated carbocycles. The summed E-state index contributed by atoms with van der Waals surface area (Å²) >= 11 is 10.9. The van der Waals surface area contributed by atoms with Gasteiger partial charge in [0.25, 0.3) is 0 Å². The molecule has 1 unspecified atom stereocenters. The molecule has 6 heteroatoms. The maximum absolute atomic E-state index is 10.9. The van der Waals surface area contributed by atoms with Gasteiger partial charge in [0, 0.05) is 34.9 Å². The first-order valence-electron chi connectivity index (χ1n) is 4.64. The predicted molar refractivity (Wildman–Crippen MR) is 74.8 cm³/mol. The Morgan fingerprint density at radius 1 is 1.62 bits per heavy atom. The minimum absolute atomic E-state index is 0.322. The molecule has 0 fully saturated rings. The van der Waals surface area contributed by atoms with Crippen molar-refractivity contribution >= 4 is 45.3 Å². The van der Waals surface area contributed by atoms with Crippen LogP contribution < -0.4 is 11.1 Å². The van der Waals surface area contributed by atoms with Crippen molar-refractivity contribution in [2.45, 2.75) is 0 Å². The zero-order valence-electron chi connectivity index (χ0n) is 8.83. The van der Waals surface area contributed by atoms with E-state index < -0.39 is 10.8 Å². The van der Waals surface area contributed by atoms with Crippen LogP contribution in [0.2, 0.25) is 5.02 Å². The average molecular weight is 277 g/mol. The minimum Gasteiger partial charge on any atom is -0.389 e. The van der Waals surface area contributed by atoms with Crippen LogP contribution in [-0.4, -0.2) is 27.8 Å². The first-order valence-corrected chi connectivity index (χ1v) is 7.15. The van der Waals surface area contributed by atoms with E-state index in [1.54, 1.807) is 18.4 Å². The van der Waals surface area contributed by atoms with Gasteiger partial charge >= 0.3 is 0 Å². The fraction of sp³-hybridized carbons (Fsp3) is 0.300. The van der Waals surface area contributed by atoms with E-state index in [4.69, 9.17) is 29.6 Å². The lowest BCUT2D eigenvalue weighted by Gasteiger charge is -2.08. The number of thiocarbonyl (C=S) groups is 1. The van der Waals surface area contributed by atoms with Crippen molar-refractivity contribution in [3.63, 3.8) is 0 Å². The first kappa shape index (κ1) is 13.4. The van der Waals surface area contributed by atoms with Gasteiger partial charge in [0.15, 0.2) is 0 Å². The summed E-state index contributed by atoms with van der Waals surface area (Å²) in [6, 6.07) is 5.34.